The molecule has 0 fully saturated rings. The predicted molar refractivity (Wildman–Crippen MR) is 107 cm³/mol. The fourth-order valence-corrected chi connectivity index (χ4v) is 3.20. The monoisotopic (exact) mass is 372 g/mol. The summed E-state index contributed by atoms with van der Waals surface area (Å²) in [6, 6.07) is 15.5. The van der Waals surface area contributed by atoms with Crippen molar-refractivity contribution < 1.29 is 9.84 Å². The van der Waals surface area contributed by atoms with E-state index >= 15 is 0 Å². The molecular weight excluding hydrogens is 348 g/mol. The average molecular weight is 373 g/mol. The van der Waals surface area contributed by atoms with E-state index in [-0.39, 0.29) is 12.1 Å². The second-order valence-electron chi connectivity index (χ2n) is 7.22. The molecule has 0 saturated carbocycles. The fraction of sp³-hybridized carbons (Fsp3) is 0.333. The molecule has 0 spiro atoms. The van der Waals surface area contributed by atoms with Gasteiger partial charge in [-0.25, -0.2) is 0 Å². The smallest absolute Gasteiger partial charge is 0.120 e. The van der Waals surface area contributed by atoms with E-state index in [1.807, 2.05) is 18.2 Å². The summed E-state index contributed by atoms with van der Waals surface area (Å²) in [5, 5.41) is 15.5. The number of para-hydroxylation sites is 1. The zero-order valence-corrected chi connectivity index (χ0v) is 15.9. The van der Waals surface area contributed by atoms with Crippen molar-refractivity contribution >= 4 is 22.5 Å². The number of aromatic amines is 1. The molecule has 0 aliphatic rings. The molecule has 3 rings (SSSR count). The summed E-state index contributed by atoms with van der Waals surface area (Å²) in [6.07, 6.45) is 2.32. The Labute approximate surface area is 159 Å². The number of aromatic nitrogens is 1. The van der Waals surface area contributed by atoms with E-state index in [9.17, 15) is 5.11 Å². The lowest BCUT2D eigenvalue weighted by molar-refractivity contribution is 0.0989. The highest BCUT2D eigenvalue weighted by atomic mass is 35.5. The molecule has 5 heteroatoms. The van der Waals surface area contributed by atoms with Crippen molar-refractivity contribution in [1.82, 2.24) is 10.3 Å². The van der Waals surface area contributed by atoms with Crippen LogP contribution in [0.2, 0.25) is 5.02 Å². The second kappa shape index (κ2) is 8.12. The number of fused-ring (bicyclic) bond motifs is 1. The van der Waals surface area contributed by atoms with Crippen LogP contribution in [0.1, 0.15) is 19.4 Å². The molecule has 0 radical (unpaired) electrons. The third-order valence-corrected chi connectivity index (χ3v) is 4.60. The molecule has 1 unspecified atom stereocenters. The minimum Gasteiger partial charge on any atom is -0.491 e. The summed E-state index contributed by atoms with van der Waals surface area (Å²) in [5.74, 6) is 0.662. The van der Waals surface area contributed by atoms with Crippen LogP contribution in [0.4, 0.5) is 0 Å². The standard InChI is InChI=1S/C21H25ClN2O2/c1-21(2,11-15-12-23-20-9-4-3-8-19(15)20)24-13-17(25)14-26-18-7-5-6-16(22)10-18/h3-10,12,17,23-25H,11,13-14H2,1-2H3. The van der Waals surface area contributed by atoms with Crippen LogP contribution in [0.5, 0.6) is 5.75 Å². The maximum atomic E-state index is 10.2. The quantitative estimate of drug-likeness (QED) is 0.556. The molecular formula is C21H25ClN2O2. The molecule has 1 heterocycles. The number of hydrogen-bond donors (Lipinski definition) is 3. The van der Waals surface area contributed by atoms with Gasteiger partial charge in [0.25, 0.3) is 0 Å². The van der Waals surface area contributed by atoms with Crippen LogP contribution >= 0.6 is 11.6 Å². The van der Waals surface area contributed by atoms with Gasteiger partial charge in [0.2, 0.25) is 0 Å². The van der Waals surface area contributed by atoms with Crippen molar-refractivity contribution in [3.8, 4) is 5.75 Å². The van der Waals surface area contributed by atoms with Gasteiger partial charge in [-0.2, -0.15) is 0 Å². The van der Waals surface area contributed by atoms with E-state index in [1.54, 1.807) is 12.1 Å². The maximum absolute atomic E-state index is 10.2. The molecule has 0 amide bonds. The molecule has 0 aliphatic carbocycles. The minimum absolute atomic E-state index is 0.151. The van der Waals surface area contributed by atoms with Crippen molar-refractivity contribution in [2.24, 2.45) is 0 Å². The Kier molecular flexibility index (Phi) is 5.87. The summed E-state index contributed by atoms with van der Waals surface area (Å²) in [7, 11) is 0. The van der Waals surface area contributed by atoms with Crippen LogP contribution in [0.15, 0.2) is 54.7 Å². The summed E-state index contributed by atoms with van der Waals surface area (Å²) < 4.78 is 5.60. The van der Waals surface area contributed by atoms with Crippen LogP contribution in [0.25, 0.3) is 10.9 Å². The third kappa shape index (κ3) is 5.01. The molecule has 26 heavy (non-hydrogen) atoms. The average Bonchev–Trinajstić information content (AvgIpc) is 3.01. The Bertz CT molecular complexity index is 860. The van der Waals surface area contributed by atoms with E-state index in [2.05, 4.69) is 48.5 Å². The Hall–Kier alpha value is -2.01. The molecule has 1 aromatic heterocycles. The van der Waals surface area contributed by atoms with Crippen molar-refractivity contribution in [2.75, 3.05) is 13.2 Å². The summed E-state index contributed by atoms with van der Waals surface area (Å²) in [6.45, 7) is 4.95. The molecule has 0 aliphatic heterocycles. The highest BCUT2D eigenvalue weighted by Crippen LogP contribution is 2.22. The van der Waals surface area contributed by atoms with Gasteiger partial charge in [0.1, 0.15) is 18.5 Å². The molecule has 0 bridgehead atoms. The third-order valence-electron chi connectivity index (χ3n) is 4.36. The molecule has 1 atom stereocenters. The highest BCUT2D eigenvalue weighted by molar-refractivity contribution is 6.30. The number of hydrogen-bond acceptors (Lipinski definition) is 3. The maximum Gasteiger partial charge on any atom is 0.120 e. The van der Waals surface area contributed by atoms with Gasteiger partial charge in [0.15, 0.2) is 0 Å². The predicted octanol–water partition coefficient (Wildman–Crippen LogP) is 4.17. The number of ether oxygens (including phenoxy) is 1. The van der Waals surface area contributed by atoms with Crippen LogP contribution < -0.4 is 10.1 Å². The van der Waals surface area contributed by atoms with Gasteiger partial charge >= 0.3 is 0 Å². The van der Waals surface area contributed by atoms with Crippen molar-refractivity contribution in [1.29, 1.82) is 0 Å². The summed E-state index contributed by atoms with van der Waals surface area (Å²) in [4.78, 5) is 3.31. The van der Waals surface area contributed by atoms with Gasteiger partial charge in [-0.15, -0.1) is 0 Å². The van der Waals surface area contributed by atoms with E-state index in [0.29, 0.717) is 17.3 Å². The molecule has 4 nitrogen and oxygen atoms in total. The van der Waals surface area contributed by atoms with E-state index in [1.165, 1.54) is 10.9 Å². The van der Waals surface area contributed by atoms with Gasteiger partial charge in [0, 0.05) is 34.2 Å². The van der Waals surface area contributed by atoms with Gasteiger partial charge in [-0.3, -0.25) is 0 Å². The van der Waals surface area contributed by atoms with E-state index < -0.39 is 6.10 Å². The van der Waals surface area contributed by atoms with Crippen LogP contribution in [-0.2, 0) is 6.42 Å². The van der Waals surface area contributed by atoms with Crippen LogP contribution in [0, 0.1) is 0 Å². The van der Waals surface area contributed by atoms with E-state index in [4.69, 9.17) is 16.3 Å². The number of rotatable bonds is 8. The lowest BCUT2D eigenvalue weighted by atomic mass is 9.94. The molecule has 3 N–H and O–H groups in total. The number of benzene rings is 2. The largest absolute Gasteiger partial charge is 0.491 e. The Morgan fingerprint density at radius 1 is 1.19 bits per heavy atom. The number of nitrogens with one attached hydrogen (secondary N) is 2. The molecule has 0 saturated heterocycles. The normalized spacial score (nSPS) is 13.1. The van der Waals surface area contributed by atoms with Gasteiger partial charge in [0.05, 0.1) is 0 Å². The van der Waals surface area contributed by atoms with Crippen molar-refractivity contribution in [3.63, 3.8) is 0 Å². The Morgan fingerprint density at radius 2 is 2.00 bits per heavy atom. The molecule has 138 valence electrons. The lowest BCUT2D eigenvalue weighted by Gasteiger charge is -2.28. The van der Waals surface area contributed by atoms with Gasteiger partial charge < -0.3 is 20.1 Å². The zero-order valence-electron chi connectivity index (χ0n) is 15.1. The van der Waals surface area contributed by atoms with Gasteiger partial charge in [-0.1, -0.05) is 35.9 Å². The number of aliphatic hydroxyl groups excluding tert-OH is 1. The number of aliphatic hydroxyl groups is 1. The lowest BCUT2D eigenvalue weighted by Crippen LogP contribution is -2.46. The van der Waals surface area contributed by atoms with Gasteiger partial charge in [-0.05, 0) is 50.1 Å². The topological polar surface area (TPSA) is 57.3 Å². The SMILES string of the molecule is CC(C)(Cc1c[nH]c2ccccc12)NCC(O)COc1cccc(Cl)c1. The van der Waals surface area contributed by atoms with Crippen molar-refractivity contribution in [2.45, 2.75) is 31.9 Å². The Morgan fingerprint density at radius 3 is 2.81 bits per heavy atom. The van der Waals surface area contributed by atoms with Crippen LogP contribution in [-0.4, -0.2) is 34.9 Å². The van der Waals surface area contributed by atoms with E-state index in [0.717, 1.165) is 11.9 Å². The molecule has 3 aromatic rings. The second-order valence-corrected chi connectivity index (χ2v) is 7.66. The van der Waals surface area contributed by atoms with Crippen molar-refractivity contribution in [3.05, 3.63) is 65.3 Å². The summed E-state index contributed by atoms with van der Waals surface area (Å²) in [5.41, 5.74) is 2.26. The minimum atomic E-state index is -0.601. The molecule has 2 aromatic carbocycles. The zero-order chi connectivity index (χ0) is 18.6. The number of H-pyrrole nitrogens is 1. The highest BCUT2D eigenvalue weighted by Gasteiger charge is 2.21. The first kappa shape index (κ1) is 18.8. The number of β-amino-alcohol motifs (C(OH)–C–C–N with tert-alkyl or cyclic N) is 1. The first-order valence-corrected chi connectivity index (χ1v) is 9.17. The fourth-order valence-electron chi connectivity index (χ4n) is 3.02. The first-order valence-electron chi connectivity index (χ1n) is 8.79. The van der Waals surface area contributed by atoms with Crippen LogP contribution in [0.3, 0.4) is 0 Å². The Balaban J connectivity index is 1.51. The number of halogens is 1. The first-order chi connectivity index (χ1) is 12.4. The summed E-state index contributed by atoms with van der Waals surface area (Å²) >= 11 is 5.93.